The highest BCUT2D eigenvalue weighted by atomic mass is 35.5. The van der Waals surface area contributed by atoms with Crippen LogP contribution in [0, 0.1) is 5.92 Å². The van der Waals surface area contributed by atoms with Gasteiger partial charge in [0, 0.05) is 5.02 Å². The molecule has 8 heteroatoms. The van der Waals surface area contributed by atoms with Crippen LogP contribution in [0.25, 0.3) is 0 Å². The number of aliphatic carboxylic acids is 1. The normalized spacial score (nSPS) is 23.8. The maximum atomic E-state index is 12.3. The van der Waals surface area contributed by atoms with Crippen LogP contribution in [-0.2, 0) is 19.4 Å². The number of carboxylic acids is 1. The van der Waals surface area contributed by atoms with Gasteiger partial charge in [-0.1, -0.05) is 24.9 Å². The molecule has 0 aromatic heterocycles. The van der Waals surface area contributed by atoms with E-state index in [4.69, 9.17) is 11.6 Å². The third-order valence-corrected chi connectivity index (χ3v) is 6.70. The molecule has 0 atom stereocenters. The van der Waals surface area contributed by atoms with E-state index in [0.717, 1.165) is 6.42 Å². The van der Waals surface area contributed by atoms with Gasteiger partial charge in [-0.15, -0.1) is 0 Å². The van der Waals surface area contributed by atoms with Gasteiger partial charge >= 0.3 is 5.97 Å². The van der Waals surface area contributed by atoms with Crippen molar-refractivity contribution in [1.29, 1.82) is 0 Å². The maximum Gasteiger partial charge on any atom is 0.329 e. The van der Waals surface area contributed by atoms with E-state index in [2.05, 4.69) is 12.2 Å². The van der Waals surface area contributed by atoms with E-state index in [1.165, 1.54) is 24.3 Å². The van der Waals surface area contributed by atoms with Crippen LogP contribution in [0.1, 0.15) is 39.0 Å². The number of rotatable bonds is 6. The summed E-state index contributed by atoms with van der Waals surface area (Å²) in [7, 11) is -3.86. The molecule has 6 nitrogen and oxygen atoms in total. The van der Waals surface area contributed by atoms with Gasteiger partial charge in [0.1, 0.15) is 11.3 Å². The molecule has 1 aliphatic carbocycles. The minimum absolute atomic E-state index is 0.0221. The van der Waals surface area contributed by atoms with Gasteiger partial charge in [-0.3, -0.25) is 4.79 Å². The molecule has 1 fully saturated rings. The fourth-order valence-corrected chi connectivity index (χ4v) is 4.43. The van der Waals surface area contributed by atoms with Crippen molar-refractivity contribution in [3.63, 3.8) is 0 Å². The van der Waals surface area contributed by atoms with Crippen LogP contribution in [0.3, 0.4) is 0 Å². The first-order valence-corrected chi connectivity index (χ1v) is 10.2. The molecule has 0 unspecified atom stereocenters. The van der Waals surface area contributed by atoms with Gasteiger partial charge in [-0.05, 0) is 55.9 Å². The van der Waals surface area contributed by atoms with Gasteiger partial charge in [-0.2, -0.15) is 0 Å². The number of sulfone groups is 1. The Balaban J connectivity index is 2.09. The van der Waals surface area contributed by atoms with E-state index in [1.54, 1.807) is 0 Å². The first-order chi connectivity index (χ1) is 11.7. The monoisotopic (exact) mass is 387 g/mol. The summed E-state index contributed by atoms with van der Waals surface area (Å²) in [6.45, 7) is 2.05. The molecule has 1 aromatic rings. The van der Waals surface area contributed by atoms with Gasteiger partial charge in [0.25, 0.3) is 0 Å². The fourth-order valence-electron chi connectivity index (χ4n) is 3.17. The predicted molar refractivity (Wildman–Crippen MR) is 94.3 cm³/mol. The lowest BCUT2D eigenvalue weighted by molar-refractivity contribution is -0.149. The van der Waals surface area contributed by atoms with Crippen LogP contribution in [0.15, 0.2) is 29.2 Å². The van der Waals surface area contributed by atoms with Gasteiger partial charge in [-0.25, -0.2) is 13.2 Å². The largest absolute Gasteiger partial charge is 0.480 e. The lowest BCUT2D eigenvalue weighted by atomic mass is 9.75. The Hall–Kier alpha value is -1.60. The summed E-state index contributed by atoms with van der Waals surface area (Å²) in [6, 6.07) is 5.50. The number of carbonyl (C=O) groups excluding carboxylic acids is 1. The number of carbonyl (C=O) groups is 2. The molecule has 1 aromatic carbocycles. The SMILES string of the molecule is CCC1CCC(NC(=O)CS(=O)(=O)c2ccc(Cl)cc2)(C(=O)O)CC1. The average molecular weight is 388 g/mol. The Morgan fingerprint density at radius 2 is 1.80 bits per heavy atom. The van der Waals surface area contributed by atoms with Crippen LogP contribution >= 0.6 is 11.6 Å². The van der Waals surface area contributed by atoms with Crippen LogP contribution in [-0.4, -0.2) is 36.7 Å². The average Bonchev–Trinajstić information content (AvgIpc) is 2.55. The Morgan fingerprint density at radius 1 is 1.24 bits per heavy atom. The first kappa shape index (κ1) is 19.7. The van der Waals surface area contributed by atoms with E-state index < -0.39 is 33.0 Å². The fraction of sp³-hybridized carbons (Fsp3) is 0.529. The summed E-state index contributed by atoms with van der Waals surface area (Å²) in [5, 5.41) is 12.4. The van der Waals surface area contributed by atoms with Crippen molar-refractivity contribution < 1.29 is 23.1 Å². The lowest BCUT2D eigenvalue weighted by Gasteiger charge is -2.37. The van der Waals surface area contributed by atoms with Crippen molar-refractivity contribution >= 4 is 33.3 Å². The van der Waals surface area contributed by atoms with E-state index >= 15 is 0 Å². The third kappa shape index (κ3) is 4.73. The van der Waals surface area contributed by atoms with Crippen molar-refractivity contribution in [1.82, 2.24) is 5.32 Å². The molecule has 0 spiro atoms. The number of hydrogen-bond acceptors (Lipinski definition) is 4. The molecule has 2 N–H and O–H groups in total. The predicted octanol–water partition coefficient (Wildman–Crippen LogP) is 2.65. The zero-order chi connectivity index (χ0) is 18.7. The molecule has 2 rings (SSSR count). The highest BCUT2D eigenvalue weighted by molar-refractivity contribution is 7.92. The van der Waals surface area contributed by atoms with Crippen molar-refractivity contribution in [2.75, 3.05) is 5.75 Å². The van der Waals surface area contributed by atoms with Gasteiger partial charge < -0.3 is 10.4 Å². The molecule has 138 valence electrons. The summed E-state index contributed by atoms with van der Waals surface area (Å²) in [4.78, 5) is 23.9. The van der Waals surface area contributed by atoms with E-state index in [1.807, 2.05) is 0 Å². The number of benzene rings is 1. The van der Waals surface area contributed by atoms with Crippen molar-refractivity contribution in [2.24, 2.45) is 5.92 Å². The summed E-state index contributed by atoms with van der Waals surface area (Å²) < 4.78 is 24.6. The molecule has 25 heavy (non-hydrogen) atoms. The second kappa shape index (κ2) is 7.74. The van der Waals surface area contributed by atoms with E-state index in [-0.39, 0.29) is 4.90 Å². The molecule has 1 aliphatic rings. The highest BCUT2D eigenvalue weighted by Gasteiger charge is 2.43. The molecule has 0 saturated heterocycles. The number of carboxylic acid groups (broad SMARTS) is 1. The zero-order valence-electron chi connectivity index (χ0n) is 14.0. The molecule has 0 radical (unpaired) electrons. The van der Waals surface area contributed by atoms with Crippen LogP contribution in [0.5, 0.6) is 0 Å². The van der Waals surface area contributed by atoms with Crippen LogP contribution in [0.2, 0.25) is 5.02 Å². The highest BCUT2D eigenvalue weighted by Crippen LogP contribution is 2.34. The van der Waals surface area contributed by atoms with Crippen LogP contribution < -0.4 is 5.32 Å². The Labute approximate surface area is 152 Å². The number of hydrogen-bond donors (Lipinski definition) is 2. The molecule has 1 saturated carbocycles. The minimum Gasteiger partial charge on any atom is -0.480 e. The van der Waals surface area contributed by atoms with E-state index in [9.17, 15) is 23.1 Å². The lowest BCUT2D eigenvalue weighted by Crippen LogP contribution is -2.57. The van der Waals surface area contributed by atoms with Gasteiger partial charge in [0.2, 0.25) is 5.91 Å². The third-order valence-electron chi connectivity index (χ3n) is 4.82. The smallest absolute Gasteiger partial charge is 0.329 e. The maximum absolute atomic E-state index is 12.3. The first-order valence-electron chi connectivity index (χ1n) is 8.21. The number of amides is 1. The second-order valence-electron chi connectivity index (χ2n) is 6.50. The summed E-state index contributed by atoms with van der Waals surface area (Å²) in [5.74, 6) is -2.25. The number of halogens is 1. The van der Waals surface area contributed by atoms with E-state index in [0.29, 0.717) is 36.6 Å². The van der Waals surface area contributed by atoms with Gasteiger partial charge in [0.05, 0.1) is 4.90 Å². The molecule has 0 aliphatic heterocycles. The van der Waals surface area contributed by atoms with Crippen molar-refractivity contribution in [3.8, 4) is 0 Å². The van der Waals surface area contributed by atoms with Crippen molar-refractivity contribution in [3.05, 3.63) is 29.3 Å². The standard InChI is InChI=1S/C17H22ClNO5S/c1-2-12-7-9-17(10-8-12,16(21)22)19-15(20)11-25(23,24)14-5-3-13(18)4-6-14/h3-6,12H,2,7-11H2,1H3,(H,19,20)(H,21,22). The van der Waals surface area contributed by atoms with Crippen LogP contribution in [0.4, 0.5) is 0 Å². The minimum atomic E-state index is -3.86. The Bertz CT molecular complexity index is 737. The second-order valence-corrected chi connectivity index (χ2v) is 8.93. The molecule has 0 heterocycles. The van der Waals surface area contributed by atoms with Crippen molar-refractivity contribution in [2.45, 2.75) is 49.5 Å². The molecule has 0 bridgehead atoms. The quantitative estimate of drug-likeness (QED) is 0.781. The molecule has 1 amide bonds. The Kier molecular flexibility index (Phi) is 6.11. The summed E-state index contributed by atoms with van der Waals surface area (Å²) in [6.07, 6.45) is 3.00. The van der Waals surface area contributed by atoms with Gasteiger partial charge in [0.15, 0.2) is 9.84 Å². The summed E-state index contributed by atoms with van der Waals surface area (Å²) in [5.41, 5.74) is -1.38. The topological polar surface area (TPSA) is 101 Å². The zero-order valence-corrected chi connectivity index (χ0v) is 15.6. The summed E-state index contributed by atoms with van der Waals surface area (Å²) >= 11 is 5.73. The Morgan fingerprint density at radius 3 is 2.28 bits per heavy atom. The molecular formula is C17H22ClNO5S. The number of nitrogens with one attached hydrogen (secondary N) is 1. The molecular weight excluding hydrogens is 366 g/mol.